The van der Waals surface area contributed by atoms with Gasteiger partial charge in [0.25, 0.3) is 0 Å². The van der Waals surface area contributed by atoms with Crippen LogP contribution in [0.3, 0.4) is 0 Å². The molecule has 0 spiro atoms. The summed E-state index contributed by atoms with van der Waals surface area (Å²) < 4.78 is 5.93. The van der Waals surface area contributed by atoms with Crippen molar-refractivity contribution >= 4 is 11.8 Å². The van der Waals surface area contributed by atoms with Crippen LogP contribution < -0.4 is 24.8 Å². The molecule has 0 fully saturated rings. The minimum atomic E-state index is -0.274. The molecule has 0 aliphatic heterocycles. The Hall–Kier alpha value is 0.564. The quantitative estimate of drug-likeness (QED) is 0.340. The van der Waals surface area contributed by atoms with E-state index in [9.17, 15) is 0 Å². The summed E-state index contributed by atoms with van der Waals surface area (Å²) in [5.74, 6) is 0. The first-order valence-corrected chi connectivity index (χ1v) is 7.19. The number of hydrogen-bond acceptors (Lipinski definition) is 2. The Balaban J connectivity index is 0. The van der Waals surface area contributed by atoms with Gasteiger partial charge in [-0.2, -0.15) is 11.0 Å². The van der Waals surface area contributed by atoms with E-state index in [2.05, 4.69) is 57.2 Å². The molecule has 2 aliphatic carbocycles. The van der Waals surface area contributed by atoms with Gasteiger partial charge in [-0.15, -0.1) is 18.2 Å². The van der Waals surface area contributed by atoms with Crippen molar-refractivity contribution in [2.45, 2.75) is 38.5 Å². The molecule has 0 N–H and O–H groups in total. The van der Waals surface area contributed by atoms with Crippen LogP contribution in [-0.2, 0) is 26.5 Å². The van der Waals surface area contributed by atoms with Crippen LogP contribution in [0.2, 0.25) is 0 Å². The largest absolute Gasteiger partial charge is 3.00 e. The van der Waals surface area contributed by atoms with Crippen LogP contribution in [0.4, 0.5) is 0 Å². The van der Waals surface area contributed by atoms with Crippen LogP contribution in [-0.4, -0.2) is 12.0 Å². The summed E-state index contributed by atoms with van der Waals surface area (Å²) in [6, 6.07) is 0. The van der Waals surface area contributed by atoms with Gasteiger partial charge < -0.3 is 29.6 Å². The molecule has 1 nitrogen and oxygen atoms in total. The number of halogens is 2. The summed E-state index contributed by atoms with van der Waals surface area (Å²) in [4.78, 5) is 0.923. The Morgan fingerprint density at radius 1 is 1.24 bits per heavy atom. The normalized spacial score (nSPS) is 23.4. The van der Waals surface area contributed by atoms with E-state index >= 15 is 0 Å². The van der Waals surface area contributed by atoms with Gasteiger partial charge in [0.1, 0.15) is 4.93 Å². The van der Waals surface area contributed by atoms with Gasteiger partial charge in [-0.25, -0.2) is 6.08 Å². The fourth-order valence-electron chi connectivity index (χ4n) is 2.41. The molecule has 1 unspecified atom stereocenters. The molecular formula is C16H21Cl2OSTi. The van der Waals surface area contributed by atoms with E-state index in [1.54, 1.807) is 11.8 Å². The number of ether oxygens (including phenoxy) is 1. The molecule has 21 heavy (non-hydrogen) atoms. The Morgan fingerprint density at radius 2 is 1.90 bits per heavy atom. The van der Waals surface area contributed by atoms with Gasteiger partial charge in [0, 0.05) is 13.5 Å². The Morgan fingerprint density at radius 3 is 2.38 bits per heavy atom. The van der Waals surface area contributed by atoms with Gasteiger partial charge in [-0.3, -0.25) is 6.08 Å². The van der Waals surface area contributed by atoms with Crippen LogP contribution in [0.1, 0.15) is 33.6 Å². The molecule has 1 radical (unpaired) electrons. The van der Waals surface area contributed by atoms with Crippen molar-refractivity contribution in [2.24, 2.45) is 5.41 Å². The van der Waals surface area contributed by atoms with Gasteiger partial charge in [0.2, 0.25) is 0 Å². The molecule has 0 aromatic carbocycles. The summed E-state index contributed by atoms with van der Waals surface area (Å²) in [6.07, 6.45) is 16.0. The minimum absolute atomic E-state index is 0. The smallest absolute Gasteiger partial charge is 1.00 e. The van der Waals surface area contributed by atoms with Crippen molar-refractivity contribution < 1.29 is 51.3 Å². The van der Waals surface area contributed by atoms with Crippen molar-refractivity contribution in [3.63, 3.8) is 0 Å². The molecule has 115 valence electrons. The zero-order valence-corrected chi connectivity index (χ0v) is 16.8. The maximum atomic E-state index is 5.93. The van der Waals surface area contributed by atoms with Gasteiger partial charge in [-0.1, -0.05) is 39.0 Å². The molecule has 0 amide bonds. The van der Waals surface area contributed by atoms with Crippen molar-refractivity contribution in [1.82, 2.24) is 0 Å². The van der Waals surface area contributed by atoms with Crippen LogP contribution in [0.5, 0.6) is 0 Å². The second-order valence-corrected chi connectivity index (χ2v) is 6.97. The third kappa shape index (κ3) is 5.60. The van der Waals surface area contributed by atoms with Crippen LogP contribution in [0, 0.1) is 11.5 Å². The summed E-state index contributed by atoms with van der Waals surface area (Å²) in [6.45, 7) is 6.73. The monoisotopic (exact) mass is 379 g/mol. The number of methoxy groups -OCH3 is 1. The second kappa shape index (κ2) is 9.65. The molecule has 0 saturated heterocycles. The number of hydrogen-bond donors (Lipinski definition) is 0. The third-order valence-electron chi connectivity index (χ3n) is 3.27. The molecule has 1 atom stereocenters. The van der Waals surface area contributed by atoms with Crippen molar-refractivity contribution in [3.8, 4) is 0 Å². The van der Waals surface area contributed by atoms with E-state index in [-0.39, 0.29) is 56.9 Å². The Labute approximate surface area is 160 Å². The van der Waals surface area contributed by atoms with Crippen LogP contribution >= 0.6 is 11.8 Å². The standard InChI is InChI=1S/C16H21OS.2ClH.Ti/c1-15(2,3)14-11-7-8-12-16(14,17-4)18-13-9-5-6-10-13;;;/h5,7-9,11H,6,12H2,1-4H3;2*1H;/q-1;;;+3/p-2. The van der Waals surface area contributed by atoms with E-state index in [1.807, 2.05) is 7.11 Å². The fraction of sp³-hybridized carbons (Fsp3) is 0.500. The molecule has 5 heteroatoms. The molecule has 2 rings (SSSR count). The van der Waals surface area contributed by atoms with Crippen molar-refractivity contribution in [1.29, 1.82) is 0 Å². The zero-order valence-electron chi connectivity index (χ0n) is 12.9. The van der Waals surface area contributed by atoms with Gasteiger partial charge in [-0.05, 0) is 11.0 Å². The van der Waals surface area contributed by atoms with Gasteiger partial charge in [0.05, 0.1) is 0 Å². The summed E-state index contributed by atoms with van der Waals surface area (Å²) in [5.41, 5.74) is 1.45. The molecule has 0 saturated carbocycles. The van der Waals surface area contributed by atoms with Crippen LogP contribution in [0.15, 0.2) is 40.9 Å². The molecular weight excluding hydrogens is 359 g/mol. The topological polar surface area (TPSA) is 9.23 Å². The minimum Gasteiger partial charge on any atom is -1.00 e. The number of allylic oxidation sites excluding steroid dienone is 5. The average Bonchev–Trinajstić information content (AvgIpc) is 2.81. The molecule has 2 aliphatic rings. The van der Waals surface area contributed by atoms with Gasteiger partial charge >= 0.3 is 21.7 Å². The Bertz CT molecular complexity index is 450. The number of thioether (sulfide) groups is 1. The SMILES string of the molecule is COC1(SC2=[C-]CC=C2)CC=CC=C1C(C)(C)C.[Cl-].[Cl-].[Ti+3]. The molecule has 0 aromatic heterocycles. The van der Waals surface area contributed by atoms with E-state index < -0.39 is 0 Å². The maximum Gasteiger partial charge on any atom is 3.00 e. The second-order valence-electron chi connectivity index (χ2n) is 5.67. The molecule has 0 heterocycles. The summed E-state index contributed by atoms with van der Waals surface area (Å²) in [5, 5.41) is 0. The Kier molecular flexibility index (Phi) is 10.9. The van der Waals surface area contributed by atoms with Crippen molar-refractivity contribution in [3.05, 3.63) is 46.9 Å². The third-order valence-corrected chi connectivity index (χ3v) is 4.66. The zero-order chi connectivity index (χ0) is 13.2. The first-order valence-electron chi connectivity index (χ1n) is 6.37. The van der Waals surface area contributed by atoms with Crippen LogP contribution in [0.25, 0.3) is 0 Å². The average molecular weight is 380 g/mol. The predicted octanol–water partition coefficient (Wildman–Crippen LogP) is -1.35. The van der Waals surface area contributed by atoms with E-state index in [0.717, 1.165) is 12.8 Å². The van der Waals surface area contributed by atoms with Gasteiger partial charge in [0.15, 0.2) is 0 Å². The maximum absolute atomic E-state index is 5.93. The number of rotatable bonds is 3. The predicted molar refractivity (Wildman–Crippen MR) is 79.1 cm³/mol. The first kappa shape index (κ1) is 23.8. The molecule has 0 aromatic rings. The first-order chi connectivity index (χ1) is 8.48. The summed E-state index contributed by atoms with van der Waals surface area (Å²) >= 11 is 1.79. The van der Waals surface area contributed by atoms with E-state index in [1.165, 1.54) is 10.5 Å². The van der Waals surface area contributed by atoms with Crippen molar-refractivity contribution in [2.75, 3.05) is 7.11 Å². The molecule has 0 bridgehead atoms. The summed E-state index contributed by atoms with van der Waals surface area (Å²) in [7, 11) is 1.81. The van der Waals surface area contributed by atoms with E-state index in [0.29, 0.717) is 0 Å². The van der Waals surface area contributed by atoms with E-state index in [4.69, 9.17) is 4.74 Å². The fourth-order valence-corrected chi connectivity index (χ4v) is 3.83.